The topological polar surface area (TPSA) is 73.2 Å². The Hall–Kier alpha value is -2.77. The van der Waals surface area contributed by atoms with Crippen LogP contribution in [-0.4, -0.2) is 34.5 Å². The molecule has 1 N–H and O–H groups in total. The van der Waals surface area contributed by atoms with Crippen molar-refractivity contribution in [3.05, 3.63) is 76.1 Å². The second-order valence-electron chi connectivity index (χ2n) is 6.72. The summed E-state index contributed by atoms with van der Waals surface area (Å²) in [5, 5.41) is 7.28. The molecular weight excluding hydrogens is 422 g/mol. The number of anilines is 1. The summed E-state index contributed by atoms with van der Waals surface area (Å²) in [4.78, 5) is 25.7. The number of nitrogens with one attached hydrogen (secondary N) is 1. The Labute approximate surface area is 184 Å². The number of hydrogen-bond acceptors (Lipinski definition) is 5. The number of para-hydroxylation sites is 1. The molecule has 2 aromatic carbocycles. The van der Waals surface area contributed by atoms with E-state index < -0.39 is 18.5 Å². The summed E-state index contributed by atoms with van der Waals surface area (Å²) >= 11 is 7.90. The van der Waals surface area contributed by atoms with Crippen LogP contribution in [0.25, 0.3) is 0 Å². The maximum atomic E-state index is 12.5. The van der Waals surface area contributed by atoms with E-state index in [0.29, 0.717) is 17.9 Å². The molecule has 0 saturated carbocycles. The van der Waals surface area contributed by atoms with Crippen molar-refractivity contribution >= 4 is 40.9 Å². The summed E-state index contributed by atoms with van der Waals surface area (Å²) in [6.07, 6.45) is 1.92. The first-order chi connectivity index (χ1) is 14.4. The van der Waals surface area contributed by atoms with E-state index in [4.69, 9.17) is 16.3 Å². The van der Waals surface area contributed by atoms with Gasteiger partial charge in [0.15, 0.2) is 6.61 Å². The van der Waals surface area contributed by atoms with E-state index in [2.05, 4.69) is 10.4 Å². The summed E-state index contributed by atoms with van der Waals surface area (Å²) in [6.45, 7) is 3.71. The molecule has 0 aliphatic heterocycles. The van der Waals surface area contributed by atoms with Crippen LogP contribution < -0.4 is 5.32 Å². The van der Waals surface area contributed by atoms with Crippen LogP contribution in [0.15, 0.2) is 53.4 Å². The third-order valence-electron chi connectivity index (χ3n) is 4.44. The van der Waals surface area contributed by atoms with E-state index in [0.717, 1.165) is 16.0 Å². The lowest BCUT2D eigenvalue weighted by molar-refractivity contribution is -0.119. The number of hydrogen-bond donors (Lipinski definition) is 1. The van der Waals surface area contributed by atoms with Crippen LogP contribution in [0.2, 0.25) is 5.15 Å². The summed E-state index contributed by atoms with van der Waals surface area (Å²) in [6, 6.07) is 15.4. The van der Waals surface area contributed by atoms with Gasteiger partial charge >= 0.3 is 5.97 Å². The molecule has 0 unspecified atom stereocenters. The minimum atomic E-state index is -0.680. The van der Waals surface area contributed by atoms with Gasteiger partial charge in [-0.25, -0.2) is 9.48 Å². The number of rotatable bonds is 7. The smallest absolute Gasteiger partial charge is 0.343 e. The fourth-order valence-electron chi connectivity index (χ4n) is 2.89. The van der Waals surface area contributed by atoms with Gasteiger partial charge in [-0.3, -0.25) is 4.79 Å². The first-order valence-corrected chi connectivity index (χ1v) is 10.9. The molecule has 0 radical (unpaired) electrons. The normalized spacial score (nSPS) is 10.7. The number of aryl methyl sites for hydroxylation is 2. The lowest BCUT2D eigenvalue weighted by atomic mass is 10.1. The SMILES string of the molecule is CSc1ccccc1NC(=O)COC(=O)c1c(C)nn(Cc2ccc(C)cc2)c1Cl. The van der Waals surface area contributed by atoms with Crippen LogP contribution in [0.4, 0.5) is 5.69 Å². The van der Waals surface area contributed by atoms with E-state index in [1.807, 2.05) is 55.6 Å². The third-order valence-corrected chi connectivity index (χ3v) is 5.62. The Morgan fingerprint density at radius 2 is 1.83 bits per heavy atom. The minimum Gasteiger partial charge on any atom is -0.452 e. The molecule has 1 heterocycles. The molecule has 0 aliphatic carbocycles. The van der Waals surface area contributed by atoms with Gasteiger partial charge in [0.2, 0.25) is 0 Å². The molecular formula is C22H22ClN3O3S. The van der Waals surface area contributed by atoms with E-state index in [1.165, 1.54) is 11.8 Å². The zero-order valence-electron chi connectivity index (χ0n) is 16.9. The monoisotopic (exact) mass is 443 g/mol. The second kappa shape index (κ2) is 9.82. The number of benzene rings is 2. The maximum absolute atomic E-state index is 12.5. The maximum Gasteiger partial charge on any atom is 0.343 e. The predicted octanol–water partition coefficient (Wildman–Crippen LogP) is 4.72. The Morgan fingerprint density at radius 3 is 2.53 bits per heavy atom. The van der Waals surface area contributed by atoms with E-state index in [-0.39, 0.29) is 10.7 Å². The number of carbonyl (C=O) groups excluding carboxylic acids is 2. The van der Waals surface area contributed by atoms with Crippen LogP contribution in [-0.2, 0) is 16.1 Å². The van der Waals surface area contributed by atoms with Gasteiger partial charge in [-0.2, -0.15) is 5.10 Å². The minimum absolute atomic E-state index is 0.168. The van der Waals surface area contributed by atoms with Crippen LogP contribution in [0.1, 0.15) is 27.2 Å². The number of ether oxygens (including phenoxy) is 1. The van der Waals surface area contributed by atoms with E-state index in [1.54, 1.807) is 17.7 Å². The van der Waals surface area contributed by atoms with Crippen LogP contribution in [0, 0.1) is 13.8 Å². The zero-order chi connectivity index (χ0) is 21.7. The summed E-state index contributed by atoms with van der Waals surface area (Å²) in [5.41, 5.74) is 3.46. The van der Waals surface area contributed by atoms with Gasteiger partial charge in [0.25, 0.3) is 5.91 Å². The van der Waals surface area contributed by atoms with Gasteiger partial charge in [0.1, 0.15) is 10.7 Å². The highest BCUT2D eigenvalue weighted by Crippen LogP contribution is 2.25. The van der Waals surface area contributed by atoms with E-state index in [9.17, 15) is 9.59 Å². The number of amides is 1. The van der Waals surface area contributed by atoms with Crippen molar-refractivity contribution in [2.45, 2.75) is 25.3 Å². The Morgan fingerprint density at radius 1 is 1.13 bits per heavy atom. The number of carbonyl (C=O) groups is 2. The van der Waals surface area contributed by atoms with Gasteiger partial charge in [0, 0.05) is 4.90 Å². The second-order valence-corrected chi connectivity index (χ2v) is 7.93. The lowest BCUT2D eigenvalue weighted by Crippen LogP contribution is -2.21. The first kappa shape index (κ1) is 21.9. The molecule has 156 valence electrons. The molecule has 3 aromatic rings. The molecule has 0 saturated heterocycles. The Bertz CT molecular complexity index is 1060. The molecule has 30 heavy (non-hydrogen) atoms. The lowest BCUT2D eigenvalue weighted by Gasteiger charge is -2.09. The predicted molar refractivity (Wildman–Crippen MR) is 119 cm³/mol. The average molecular weight is 444 g/mol. The Balaban J connectivity index is 1.64. The van der Waals surface area contributed by atoms with Crippen molar-refractivity contribution in [1.82, 2.24) is 9.78 Å². The molecule has 8 heteroatoms. The molecule has 0 aliphatic rings. The van der Waals surface area contributed by atoms with Crippen molar-refractivity contribution in [1.29, 1.82) is 0 Å². The zero-order valence-corrected chi connectivity index (χ0v) is 18.5. The first-order valence-electron chi connectivity index (χ1n) is 9.27. The molecule has 0 spiro atoms. The molecule has 3 rings (SSSR count). The number of nitrogens with zero attached hydrogens (tertiary/aromatic N) is 2. The molecule has 6 nitrogen and oxygen atoms in total. The fraction of sp³-hybridized carbons (Fsp3) is 0.227. The van der Waals surface area contributed by atoms with Gasteiger partial charge in [-0.05, 0) is 37.8 Å². The van der Waals surface area contributed by atoms with Crippen molar-refractivity contribution in [2.24, 2.45) is 0 Å². The third kappa shape index (κ3) is 5.23. The number of esters is 1. The highest BCUT2D eigenvalue weighted by atomic mass is 35.5. The van der Waals surface area contributed by atoms with Crippen LogP contribution in [0.3, 0.4) is 0 Å². The van der Waals surface area contributed by atoms with Crippen molar-refractivity contribution < 1.29 is 14.3 Å². The average Bonchev–Trinajstić information content (AvgIpc) is 3.01. The van der Waals surface area contributed by atoms with Gasteiger partial charge in [0.05, 0.1) is 17.9 Å². The molecule has 1 amide bonds. The quantitative estimate of drug-likeness (QED) is 0.422. The van der Waals surface area contributed by atoms with Crippen molar-refractivity contribution in [3.8, 4) is 0 Å². The summed E-state index contributed by atoms with van der Waals surface area (Å²) < 4.78 is 6.73. The number of aromatic nitrogens is 2. The van der Waals surface area contributed by atoms with Crippen LogP contribution >= 0.6 is 23.4 Å². The highest BCUT2D eigenvalue weighted by molar-refractivity contribution is 7.98. The summed E-state index contributed by atoms with van der Waals surface area (Å²) in [7, 11) is 0. The van der Waals surface area contributed by atoms with E-state index >= 15 is 0 Å². The molecule has 0 fully saturated rings. The molecule has 0 atom stereocenters. The number of halogens is 1. The standard InChI is InChI=1S/C22H22ClN3O3S/c1-14-8-10-16(11-9-14)12-26-21(23)20(15(2)25-26)22(28)29-13-19(27)24-17-6-4-5-7-18(17)30-3/h4-11H,12-13H2,1-3H3,(H,24,27). The number of thioether (sulfide) groups is 1. The molecule has 0 bridgehead atoms. The molecule has 1 aromatic heterocycles. The fourth-order valence-corrected chi connectivity index (χ4v) is 3.76. The summed E-state index contributed by atoms with van der Waals surface area (Å²) in [5.74, 6) is -1.10. The largest absolute Gasteiger partial charge is 0.452 e. The van der Waals surface area contributed by atoms with Crippen LogP contribution in [0.5, 0.6) is 0 Å². The Kier molecular flexibility index (Phi) is 7.18. The van der Waals surface area contributed by atoms with Gasteiger partial charge < -0.3 is 10.1 Å². The van der Waals surface area contributed by atoms with Crippen molar-refractivity contribution in [2.75, 3.05) is 18.2 Å². The van der Waals surface area contributed by atoms with Gasteiger partial charge in [-0.15, -0.1) is 11.8 Å². The highest BCUT2D eigenvalue weighted by Gasteiger charge is 2.22. The van der Waals surface area contributed by atoms with Crippen molar-refractivity contribution in [3.63, 3.8) is 0 Å². The van der Waals surface area contributed by atoms with Gasteiger partial charge in [-0.1, -0.05) is 53.6 Å².